The number of hydrogen-bond donors (Lipinski definition) is 0. The highest BCUT2D eigenvalue weighted by atomic mass is 35.5. The topological polar surface area (TPSA) is 20.3 Å². The van der Waals surface area contributed by atoms with Crippen molar-refractivity contribution in [2.45, 2.75) is 0 Å². The van der Waals surface area contributed by atoms with Crippen molar-refractivity contribution in [1.82, 2.24) is 0 Å². The third kappa shape index (κ3) is 2.96. The Hall–Kier alpha value is -1.97. The molecular formula is C17H15Cl2N2O+. The van der Waals surface area contributed by atoms with Gasteiger partial charge in [0.25, 0.3) is 0 Å². The summed E-state index contributed by atoms with van der Waals surface area (Å²) in [6.07, 6.45) is 1.96. The number of benzene rings is 2. The second-order valence-electron chi connectivity index (χ2n) is 5.13. The van der Waals surface area contributed by atoms with Gasteiger partial charge in [0.15, 0.2) is 5.76 Å². The molecule has 3 nitrogen and oxygen atoms in total. The monoisotopic (exact) mass is 333 g/mol. The molecule has 0 bridgehead atoms. The zero-order valence-corrected chi connectivity index (χ0v) is 13.8. The lowest BCUT2D eigenvalue weighted by Gasteiger charge is -2.03. The minimum atomic E-state index is 0.703. The van der Waals surface area contributed by atoms with Crippen LogP contribution in [0.1, 0.15) is 0 Å². The Morgan fingerprint density at radius 1 is 0.864 bits per heavy atom. The van der Waals surface area contributed by atoms with Gasteiger partial charge in [-0.15, -0.1) is 0 Å². The highest BCUT2D eigenvalue weighted by Gasteiger charge is 2.22. The first-order chi connectivity index (χ1) is 10.5. The van der Waals surface area contributed by atoms with Gasteiger partial charge in [-0.05, 0) is 48.5 Å². The second-order valence-corrected chi connectivity index (χ2v) is 6.00. The van der Waals surface area contributed by atoms with E-state index in [1.54, 1.807) is 0 Å². The maximum Gasteiger partial charge on any atom is 0.461 e. The summed E-state index contributed by atoms with van der Waals surface area (Å²) in [5.74, 6) is 0.773. The van der Waals surface area contributed by atoms with Crippen molar-refractivity contribution in [3.63, 3.8) is 0 Å². The Balaban J connectivity index is 2.09. The number of oxazole rings is 1. The summed E-state index contributed by atoms with van der Waals surface area (Å²) < 4.78 is 7.99. The molecule has 0 aliphatic rings. The molecule has 22 heavy (non-hydrogen) atoms. The molecule has 112 valence electrons. The van der Waals surface area contributed by atoms with Crippen LogP contribution in [0.5, 0.6) is 0 Å². The summed E-state index contributed by atoms with van der Waals surface area (Å²) in [5, 5.41) is 1.41. The molecule has 0 atom stereocenters. The number of halogens is 2. The lowest BCUT2D eigenvalue weighted by Crippen LogP contribution is -2.34. The average molecular weight is 334 g/mol. The van der Waals surface area contributed by atoms with Gasteiger partial charge in [-0.1, -0.05) is 23.2 Å². The maximum atomic E-state index is 6.00. The zero-order chi connectivity index (χ0) is 15.7. The summed E-state index contributed by atoms with van der Waals surface area (Å²) in [6.45, 7) is 0. The molecule has 2 aromatic carbocycles. The predicted molar refractivity (Wildman–Crippen MR) is 90.0 cm³/mol. The van der Waals surface area contributed by atoms with E-state index in [4.69, 9.17) is 27.6 Å². The van der Waals surface area contributed by atoms with Gasteiger partial charge in [-0.2, -0.15) is 4.57 Å². The minimum Gasteiger partial charge on any atom is -0.387 e. The molecule has 0 unspecified atom stereocenters. The van der Waals surface area contributed by atoms with E-state index in [2.05, 4.69) is 0 Å². The van der Waals surface area contributed by atoms with Crippen molar-refractivity contribution < 1.29 is 8.98 Å². The van der Waals surface area contributed by atoms with Crippen molar-refractivity contribution in [3.8, 4) is 17.0 Å². The molecule has 5 heteroatoms. The highest BCUT2D eigenvalue weighted by Crippen LogP contribution is 2.25. The molecule has 0 saturated heterocycles. The molecule has 0 fully saturated rings. The average Bonchev–Trinajstić information content (AvgIpc) is 2.94. The molecular weight excluding hydrogens is 319 g/mol. The summed E-state index contributed by atoms with van der Waals surface area (Å²) in [4.78, 5) is 1.92. The molecule has 1 heterocycles. The number of rotatable bonds is 3. The highest BCUT2D eigenvalue weighted by molar-refractivity contribution is 6.30. The van der Waals surface area contributed by atoms with Crippen LogP contribution in [0.3, 0.4) is 0 Å². The molecule has 3 aromatic rings. The van der Waals surface area contributed by atoms with Crippen LogP contribution in [-0.2, 0) is 0 Å². The van der Waals surface area contributed by atoms with E-state index in [0.29, 0.717) is 10.0 Å². The van der Waals surface area contributed by atoms with E-state index >= 15 is 0 Å². The van der Waals surface area contributed by atoms with Crippen LogP contribution in [-0.4, -0.2) is 14.1 Å². The fourth-order valence-corrected chi connectivity index (χ4v) is 2.44. The molecule has 1 aromatic heterocycles. The van der Waals surface area contributed by atoms with Gasteiger partial charge in [-0.25, -0.2) is 4.90 Å². The second kappa shape index (κ2) is 6.03. The fourth-order valence-electron chi connectivity index (χ4n) is 2.19. The third-order valence-corrected chi connectivity index (χ3v) is 3.77. The number of nitrogens with zero attached hydrogens (tertiary/aromatic N) is 2. The minimum absolute atomic E-state index is 0.703. The SMILES string of the molecule is CN(C)c1oc(-c2ccc(Cl)cc2)c[n+]1-c1ccc(Cl)cc1. The standard InChI is InChI=1S/C17H15Cl2N2O/c1-20(2)17-21(15-9-7-14(19)8-10-15)11-16(22-17)12-3-5-13(18)6-4-12/h3-11H,1-2H3/q+1. The van der Waals surface area contributed by atoms with E-state index in [0.717, 1.165) is 23.0 Å². The van der Waals surface area contributed by atoms with Crippen LogP contribution in [0.15, 0.2) is 59.1 Å². The van der Waals surface area contributed by atoms with Crippen LogP contribution in [0.2, 0.25) is 10.0 Å². The summed E-state index contributed by atoms with van der Waals surface area (Å²) in [5.41, 5.74) is 1.96. The van der Waals surface area contributed by atoms with Crippen molar-refractivity contribution in [2.75, 3.05) is 19.0 Å². The van der Waals surface area contributed by atoms with Gasteiger partial charge >= 0.3 is 6.01 Å². The number of anilines is 1. The summed E-state index contributed by atoms with van der Waals surface area (Å²) in [6, 6.07) is 15.9. The van der Waals surface area contributed by atoms with Crippen LogP contribution in [0.25, 0.3) is 17.0 Å². The zero-order valence-electron chi connectivity index (χ0n) is 12.3. The van der Waals surface area contributed by atoms with Crippen LogP contribution in [0, 0.1) is 0 Å². The van der Waals surface area contributed by atoms with Gasteiger partial charge in [0.1, 0.15) is 11.9 Å². The van der Waals surface area contributed by atoms with E-state index in [1.807, 2.05) is 78.3 Å². The Morgan fingerprint density at radius 3 is 1.95 bits per heavy atom. The van der Waals surface area contributed by atoms with Gasteiger partial charge in [-0.3, -0.25) is 0 Å². The van der Waals surface area contributed by atoms with Gasteiger partial charge in [0.2, 0.25) is 0 Å². The largest absolute Gasteiger partial charge is 0.461 e. The Kier molecular flexibility index (Phi) is 4.10. The van der Waals surface area contributed by atoms with E-state index in [-0.39, 0.29) is 0 Å². The van der Waals surface area contributed by atoms with Crippen molar-refractivity contribution >= 4 is 29.2 Å². The molecule has 0 amide bonds. The molecule has 0 saturated carbocycles. The molecule has 3 rings (SSSR count). The van der Waals surface area contributed by atoms with Crippen molar-refractivity contribution in [1.29, 1.82) is 0 Å². The number of hydrogen-bond acceptors (Lipinski definition) is 2. The fraction of sp³-hybridized carbons (Fsp3) is 0.118. The van der Waals surface area contributed by atoms with Crippen molar-refractivity contribution in [2.24, 2.45) is 0 Å². The summed E-state index contributed by atoms with van der Waals surface area (Å²) >= 11 is 11.9. The lowest BCUT2D eigenvalue weighted by atomic mass is 10.2. The Labute approximate surface area is 139 Å². The smallest absolute Gasteiger partial charge is 0.387 e. The molecule has 0 N–H and O–H groups in total. The first kappa shape index (κ1) is 14.9. The predicted octanol–water partition coefficient (Wildman–Crippen LogP) is 4.60. The van der Waals surface area contributed by atoms with Gasteiger partial charge in [0.05, 0.1) is 14.1 Å². The van der Waals surface area contributed by atoms with Crippen molar-refractivity contribution in [3.05, 3.63) is 64.8 Å². The Bertz CT molecular complexity index is 777. The quantitative estimate of drug-likeness (QED) is 0.653. The van der Waals surface area contributed by atoms with Crippen LogP contribution >= 0.6 is 23.2 Å². The molecule has 0 radical (unpaired) electrons. The third-order valence-electron chi connectivity index (χ3n) is 3.27. The molecule has 0 spiro atoms. The van der Waals surface area contributed by atoms with Gasteiger partial charge in [0, 0.05) is 15.6 Å². The maximum absolute atomic E-state index is 6.00. The van der Waals surface area contributed by atoms with Gasteiger partial charge < -0.3 is 4.42 Å². The van der Waals surface area contributed by atoms with Crippen LogP contribution in [0.4, 0.5) is 6.01 Å². The Morgan fingerprint density at radius 2 is 1.41 bits per heavy atom. The number of aromatic nitrogens is 1. The summed E-state index contributed by atoms with van der Waals surface area (Å²) in [7, 11) is 3.88. The van der Waals surface area contributed by atoms with E-state index < -0.39 is 0 Å². The van der Waals surface area contributed by atoms with E-state index in [1.165, 1.54) is 0 Å². The first-order valence-corrected chi connectivity index (χ1v) is 7.55. The molecule has 0 aliphatic heterocycles. The van der Waals surface area contributed by atoms with E-state index in [9.17, 15) is 0 Å². The molecule has 0 aliphatic carbocycles. The normalized spacial score (nSPS) is 10.7. The lowest BCUT2D eigenvalue weighted by molar-refractivity contribution is -0.584. The van der Waals surface area contributed by atoms with Crippen LogP contribution < -0.4 is 9.47 Å². The first-order valence-electron chi connectivity index (χ1n) is 6.79.